The van der Waals surface area contributed by atoms with E-state index in [0.717, 1.165) is 0 Å². The zero-order valence-corrected chi connectivity index (χ0v) is 22.0. The maximum atomic E-state index is 13.3. The van der Waals surface area contributed by atoms with Crippen molar-refractivity contribution < 1.29 is 34.5 Å². The molecule has 0 aromatic heterocycles. The number of aliphatic hydroxyl groups is 1. The third-order valence-electron chi connectivity index (χ3n) is 5.64. The molecule has 0 aliphatic rings. The number of carboxylic acids is 1. The lowest BCUT2D eigenvalue weighted by Gasteiger charge is -2.25. The number of nitrogens with one attached hydrogen (secondary N) is 3. The molecular weight excluding hydrogens is 502 g/mol. The largest absolute Gasteiger partial charge is 0.508 e. The Morgan fingerprint density at radius 3 is 2.03 bits per heavy atom. The SMILES string of the molecule is CSCCC(NC(=O)C(Cc1ccc(O)cc1)NC(=O)C(N)C(C)O)C(=O)NC(CCCCN)C(=O)O. The summed E-state index contributed by atoms with van der Waals surface area (Å²) in [4.78, 5) is 50.4. The third kappa shape index (κ3) is 11.8. The Balaban J connectivity index is 3.08. The molecule has 0 aliphatic heterocycles. The highest BCUT2D eigenvalue weighted by Crippen LogP contribution is 2.12. The number of aromatic hydroxyl groups is 1. The maximum Gasteiger partial charge on any atom is 0.326 e. The summed E-state index contributed by atoms with van der Waals surface area (Å²) in [6, 6.07) is 1.38. The fraction of sp³-hybridized carbons (Fsp3) is 0.583. The molecule has 1 aromatic carbocycles. The van der Waals surface area contributed by atoms with Gasteiger partial charge in [-0.3, -0.25) is 14.4 Å². The van der Waals surface area contributed by atoms with Crippen molar-refractivity contribution in [2.75, 3.05) is 18.6 Å². The second-order valence-corrected chi connectivity index (χ2v) is 9.71. The summed E-state index contributed by atoms with van der Waals surface area (Å²) in [5, 5.41) is 36.3. The van der Waals surface area contributed by atoms with Gasteiger partial charge in [0.25, 0.3) is 0 Å². The van der Waals surface area contributed by atoms with Gasteiger partial charge in [-0.1, -0.05) is 12.1 Å². The summed E-state index contributed by atoms with van der Waals surface area (Å²) in [7, 11) is 0. The van der Waals surface area contributed by atoms with Gasteiger partial charge in [0.1, 0.15) is 29.9 Å². The Bertz CT molecular complexity index is 885. The van der Waals surface area contributed by atoms with Gasteiger partial charge in [0, 0.05) is 6.42 Å². The number of thioether (sulfide) groups is 1. The van der Waals surface area contributed by atoms with Crippen molar-refractivity contribution in [1.29, 1.82) is 0 Å². The standard InChI is InChI=1S/C24H39N5O7S/c1-14(30)20(26)23(34)29-19(13-15-6-8-16(31)9-7-15)22(33)27-17(10-12-37-2)21(32)28-18(24(35)36)5-3-4-11-25/h6-9,14,17-20,30-31H,3-5,10-13,25-26H2,1-2H3,(H,27,33)(H,28,32)(H,29,34)(H,35,36). The smallest absolute Gasteiger partial charge is 0.326 e. The van der Waals surface area contributed by atoms with Crippen LogP contribution >= 0.6 is 11.8 Å². The van der Waals surface area contributed by atoms with Crippen LogP contribution in [0.4, 0.5) is 0 Å². The molecule has 0 spiro atoms. The van der Waals surface area contributed by atoms with Gasteiger partial charge in [0.05, 0.1) is 6.10 Å². The summed E-state index contributed by atoms with van der Waals surface area (Å²) in [5.41, 5.74) is 11.8. The minimum atomic E-state index is -1.28. The summed E-state index contributed by atoms with van der Waals surface area (Å²) in [5.74, 6) is -2.76. The molecule has 0 saturated carbocycles. The van der Waals surface area contributed by atoms with Gasteiger partial charge >= 0.3 is 5.97 Å². The second-order valence-electron chi connectivity index (χ2n) is 8.72. The van der Waals surface area contributed by atoms with Crippen LogP contribution in [0, 0.1) is 0 Å². The Morgan fingerprint density at radius 2 is 1.49 bits per heavy atom. The monoisotopic (exact) mass is 541 g/mol. The molecule has 0 saturated heterocycles. The number of rotatable bonds is 17. The van der Waals surface area contributed by atoms with Crippen molar-refractivity contribution in [3.05, 3.63) is 29.8 Å². The number of benzene rings is 1. The summed E-state index contributed by atoms with van der Waals surface area (Å²) in [6.07, 6.45) is 2.22. The van der Waals surface area contributed by atoms with Crippen molar-refractivity contribution in [1.82, 2.24) is 16.0 Å². The highest BCUT2D eigenvalue weighted by Gasteiger charge is 2.31. The van der Waals surface area contributed by atoms with Gasteiger partial charge in [-0.05, 0) is 68.9 Å². The van der Waals surface area contributed by atoms with Gasteiger partial charge in [-0.2, -0.15) is 11.8 Å². The normalized spacial score (nSPS) is 15.1. The first kappa shape index (κ1) is 32.2. The number of phenols is 1. The number of carbonyl (C=O) groups is 4. The van der Waals surface area contributed by atoms with Crippen molar-refractivity contribution in [3.63, 3.8) is 0 Å². The van der Waals surface area contributed by atoms with E-state index in [0.29, 0.717) is 30.7 Å². The van der Waals surface area contributed by atoms with Crippen molar-refractivity contribution in [2.24, 2.45) is 11.5 Å². The van der Waals surface area contributed by atoms with E-state index in [-0.39, 0.29) is 25.0 Å². The average molecular weight is 542 g/mol. The Kier molecular flexibility index (Phi) is 14.6. The lowest BCUT2D eigenvalue weighted by Crippen LogP contribution is -2.58. The molecule has 10 N–H and O–H groups in total. The topological polar surface area (TPSA) is 217 Å². The van der Waals surface area contributed by atoms with E-state index >= 15 is 0 Å². The molecule has 5 unspecified atom stereocenters. The molecule has 13 heteroatoms. The summed E-state index contributed by atoms with van der Waals surface area (Å²) in [6.45, 7) is 1.74. The molecule has 1 aromatic rings. The number of hydrogen-bond donors (Lipinski definition) is 8. The molecule has 208 valence electrons. The van der Waals surface area contributed by atoms with Crippen molar-refractivity contribution >= 4 is 35.5 Å². The first-order valence-electron chi connectivity index (χ1n) is 12.0. The van der Waals surface area contributed by atoms with Gasteiger partial charge in [0.15, 0.2) is 0 Å². The van der Waals surface area contributed by atoms with E-state index in [1.807, 2.05) is 6.26 Å². The number of carbonyl (C=O) groups excluding carboxylic acids is 3. The molecule has 0 heterocycles. The van der Waals surface area contributed by atoms with Crippen LogP contribution in [0.2, 0.25) is 0 Å². The molecule has 5 atom stereocenters. The Labute approximate surface area is 220 Å². The van der Waals surface area contributed by atoms with Crippen LogP contribution in [0.1, 0.15) is 38.2 Å². The van der Waals surface area contributed by atoms with Gasteiger partial charge in [-0.15, -0.1) is 0 Å². The Hall–Kier alpha value is -2.87. The zero-order chi connectivity index (χ0) is 28.0. The van der Waals surface area contributed by atoms with Gasteiger partial charge in [0.2, 0.25) is 17.7 Å². The Morgan fingerprint density at radius 1 is 0.919 bits per heavy atom. The van der Waals surface area contributed by atoms with E-state index < -0.39 is 54.0 Å². The lowest BCUT2D eigenvalue weighted by molar-refractivity contribution is -0.142. The number of carboxylic acid groups (broad SMARTS) is 1. The van der Waals surface area contributed by atoms with E-state index in [1.54, 1.807) is 12.1 Å². The molecule has 0 radical (unpaired) electrons. The molecule has 0 aliphatic carbocycles. The van der Waals surface area contributed by atoms with Gasteiger partial charge < -0.3 is 42.7 Å². The van der Waals surface area contributed by atoms with Gasteiger partial charge in [-0.25, -0.2) is 4.79 Å². The summed E-state index contributed by atoms with van der Waals surface area (Å²) >= 11 is 1.45. The van der Waals surface area contributed by atoms with Crippen LogP contribution in [-0.2, 0) is 25.6 Å². The number of phenolic OH excluding ortho intramolecular Hbond substituents is 1. The zero-order valence-electron chi connectivity index (χ0n) is 21.2. The average Bonchev–Trinajstić information content (AvgIpc) is 2.85. The second kappa shape index (κ2) is 16.8. The number of hydrogen-bond acceptors (Lipinski definition) is 9. The van der Waals surface area contributed by atoms with Crippen LogP contribution in [-0.4, -0.2) is 87.8 Å². The predicted molar refractivity (Wildman–Crippen MR) is 141 cm³/mol. The quantitative estimate of drug-likeness (QED) is 0.113. The van der Waals surface area contributed by atoms with E-state index in [1.165, 1.54) is 30.8 Å². The highest BCUT2D eigenvalue weighted by molar-refractivity contribution is 7.98. The van der Waals surface area contributed by atoms with Crippen LogP contribution < -0.4 is 27.4 Å². The molecule has 37 heavy (non-hydrogen) atoms. The molecule has 0 fully saturated rings. The van der Waals surface area contributed by atoms with Crippen LogP contribution in [0.25, 0.3) is 0 Å². The van der Waals surface area contributed by atoms with Crippen LogP contribution in [0.5, 0.6) is 5.75 Å². The van der Waals surface area contributed by atoms with E-state index in [9.17, 15) is 34.5 Å². The maximum absolute atomic E-state index is 13.3. The summed E-state index contributed by atoms with van der Waals surface area (Å²) < 4.78 is 0. The molecular formula is C24H39N5O7S. The number of amides is 3. The first-order chi connectivity index (χ1) is 17.5. The van der Waals surface area contributed by atoms with Crippen LogP contribution in [0.3, 0.4) is 0 Å². The molecule has 12 nitrogen and oxygen atoms in total. The number of aliphatic hydroxyl groups excluding tert-OH is 1. The predicted octanol–water partition coefficient (Wildman–Crippen LogP) is -0.936. The fourth-order valence-corrected chi connectivity index (χ4v) is 3.83. The first-order valence-corrected chi connectivity index (χ1v) is 13.4. The molecule has 3 amide bonds. The third-order valence-corrected chi connectivity index (χ3v) is 6.28. The number of unbranched alkanes of at least 4 members (excludes halogenated alkanes) is 1. The van der Waals surface area contributed by atoms with E-state index in [2.05, 4.69) is 16.0 Å². The fourth-order valence-electron chi connectivity index (χ4n) is 3.36. The minimum Gasteiger partial charge on any atom is -0.508 e. The number of nitrogens with two attached hydrogens (primary N) is 2. The number of aliphatic carboxylic acids is 1. The lowest BCUT2D eigenvalue weighted by atomic mass is 10.0. The van der Waals surface area contributed by atoms with Crippen LogP contribution in [0.15, 0.2) is 24.3 Å². The minimum absolute atomic E-state index is 0.0120. The van der Waals surface area contributed by atoms with E-state index in [4.69, 9.17) is 11.5 Å². The molecule has 1 rings (SSSR count). The van der Waals surface area contributed by atoms with Crippen molar-refractivity contribution in [3.8, 4) is 5.75 Å². The highest BCUT2D eigenvalue weighted by atomic mass is 32.2. The molecule has 0 bridgehead atoms. The van der Waals surface area contributed by atoms with Crippen molar-refractivity contribution in [2.45, 2.75) is 69.3 Å².